The van der Waals surface area contributed by atoms with Crippen LogP contribution in [0.5, 0.6) is 0 Å². The van der Waals surface area contributed by atoms with E-state index >= 15 is 0 Å². The first-order valence-electron chi connectivity index (χ1n) is 9.20. The average molecular weight is 333 g/mol. The molecule has 0 aromatic carbocycles. The zero-order valence-corrected chi connectivity index (χ0v) is 15.9. The van der Waals surface area contributed by atoms with Crippen molar-refractivity contribution >= 4 is 0 Å². The Morgan fingerprint density at radius 1 is 0.565 bits per heavy atom. The largest absolute Gasteiger partial charge is 0.396 e. The molecule has 0 atom stereocenters. The van der Waals surface area contributed by atoms with E-state index in [9.17, 15) is 0 Å². The molecular formula is C19H40O4. The Hall–Kier alpha value is -0.160. The zero-order valence-electron chi connectivity index (χ0n) is 15.9. The van der Waals surface area contributed by atoms with Gasteiger partial charge in [-0.05, 0) is 55.8 Å². The van der Waals surface area contributed by atoms with Crippen LogP contribution >= 0.6 is 0 Å². The molecule has 23 heavy (non-hydrogen) atoms. The second-order valence-electron chi connectivity index (χ2n) is 8.06. The number of rotatable bonds is 16. The third kappa shape index (κ3) is 15.1. The Morgan fingerprint density at radius 3 is 1.26 bits per heavy atom. The minimum Gasteiger partial charge on any atom is -0.396 e. The van der Waals surface area contributed by atoms with Gasteiger partial charge in [-0.3, -0.25) is 0 Å². The Bertz CT molecular complexity index is 238. The van der Waals surface area contributed by atoms with Crippen LogP contribution in [0.3, 0.4) is 0 Å². The van der Waals surface area contributed by atoms with Gasteiger partial charge in [0, 0.05) is 39.6 Å². The van der Waals surface area contributed by atoms with Crippen LogP contribution in [0.25, 0.3) is 0 Å². The van der Waals surface area contributed by atoms with Gasteiger partial charge in [0.2, 0.25) is 0 Å². The molecule has 0 rings (SSSR count). The average Bonchev–Trinajstić information content (AvgIpc) is 2.44. The van der Waals surface area contributed by atoms with E-state index in [1.165, 1.54) is 0 Å². The van der Waals surface area contributed by atoms with Crippen LogP contribution in [0, 0.1) is 10.8 Å². The summed E-state index contributed by atoms with van der Waals surface area (Å²) in [5.74, 6) is 0. The molecule has 0 aliphatic carbocycles. The van der Waals surface area contributed by atoms with Crippen molar-refractivity contribution in [1.29, 1.82) is 0 Å². The summed E-state index contributed by atoms with van der Waals surface area (Å²) < 4.78 is 11.3. The highest BCUT2D eigenvalue weighted by atomic mass is 16.5. The molecule has 0 unspecified atom stereocenters. The fraction of sp³-hybridized carbons (Fsp3) is 1.00. The van der Waals surface area contributed by atoms with Gasteiger partial charge < -0.3 is 19.7 Å². The van der Waals surface area contributed by atoms with Crippen LogP contribution in [-0.2, 0) is 9.47 Å². The SMILES string of the molecule is CC(C)(CCO)CCCOCCCOCCCC(C)(C)CCO. The molecule has 0 bridgehead atoms. The second kappa shape index (κ2) is 13.2. The minimum atomic E-state index is 0.213. The summed E-state index contributed by atoms with van der Waals surface area (Å²) in [4.78, 5) is 0. The van der Waals surface area contributed by atoms with E-state index in [1.54, 1.807) is 0 Å². The number of aliphatic hydroxyl groups is 2. The van der Waals surface area contributed by atoms with Crippen LogP contribution in [0.4, 0.5) is 0 Å². The van der Waals surface area contributed by atoms with E-state index in [0.29, 0.717) is 0 Å². The van der Waals surface area contributed by atoms with Crippen molar-refractivity contribution in [3.63, 3.8) is 0 Å². The predicted molar refractivity (Wildman–Crippen MR) is 95.7 cm³/mol. The van der Waals surface area contributed by atoms with Crippen LogP contribution in [0.15, 0.2) is 0 Å². The standard InChI is InChI=1S/C19H40O4/c1-18(2,10-12-20)8-5-14-22-16-7-17-23-15-6-9-19(3,4)11-13-21/h20-21H,5-17H2,1-4H3. The third-order valence-corrected chi connectivity index (χ3v) is 4.44. The normalized spacial score (nSPS) is 12.8. The van der Waals surface area contributed by atoms with E-state index in [4.69, 9.17) is 19.7 Å². The lowest BCUT2D eigenvalue weighted by Crippen LogP contribution is -2.15. The summed E-state index contributed by atoms with van der Waals surface area (Å²) >= 11 is 0. The van der Waals surface area contributed by atoms with Gasteiger partial charge in [0.15, 0.2) is 0 Å². The lowest BCUT2D eigenvalue weighted by atomic mass is 9.85. The number of aliphatic hydroxyl groups excluding tert-OH is 2. The molecular weight excluding hydrogens is 292 g/mol. The molecule has 0 spiro atoms. The lowest BCUT2D eigenvalue weighted by Gasteiger charge is -2.23. The number of hydrogen-bond donors (Lipinski definition) is 2. The summed E-state index contributed by atoms with van der Waals surface area (Å²) in [5.41, 5.74) is 0.427. The van der Waals surface area contributed by atoms with E-state index < -0.39 is 0 Å². The molecule has 0 amide bonds. The molecule has 0 fully saturated rings. The van der Waals surface area contributed by atoms with Crippen LogP contribution in [0.2, 0.25) is 0 Å². The first kappa shape index (κ1) is 22.8. The van der Waals surface area contributed by atoms with Crippen molar-refractivity contribution in [3.05, 3.63) is 0 Å². The van der Waals surface area contributed by atoms with Crippen LogP contribution in [-0.4, -0.2) is 49.9 Å². The van der Waals surface area contributed by atoms with E-state index in [-0.39, 0.29) is 24.0 Å². The molecule has 140 valence electrons. The van der Waals surface area contributed by atoms with Crippen molar-refractivity contribution in [2.45, 2.75) is 72.6 Å². The Labute approximate surface area is 143 Å². The van der Waals surface area contributed by atoms with Gasteiger partial charge in [-0.15, -0.1) is 0 Å². The first-order valence-corrected chi connectivity index (χ1v) is 9.20. The Morgan fingerprint density at radius 2 is 0.913 bits per heavy atom. The van der Waals surface area contributed by atoms with E-state index in [2.05, 4.69) is 27.7 Å². The molecule has 4 nitrogen and oxygen atoms in total. The van der Waals surface area contributed by atoms with Gasteiger partial charge in [0.1, 0.15) is 0 Å². The van der Waals surface area contributed by atoms with E-state index in [1.807, 2.05) is 0 Å². The summed E-state index contributed by atoms with van der Waals surface area (Å²) in [5, 5.41) is 18.0. The van der Waals surface area contributed by atoms with Gasteiger partial charge in [0.05, 0.1) is 0 Å². The Kier molecular flexibility index (Phi) is 13.1. The number of hydrogen-bond acceptors (Lipinski definition) is 4. The maximum absolute atomic E-state index is 8.98. The predicted octanol–water partition coefficient (Wildman–Crippen LogP) is 3.79. The molecule has 0 radical (unpaired) electrons. The lowest BCUT2D eigenvalue weighted by molar-refractivity contribution is 0.0713. The van der Waals surface area contributed by atoms with Crippen LogP contribution < -0.4 is 0 Å². The van der Waals surface area contributed by atoms with Crippen molar-refractivity contribution in [2.24, 2.45) is 10.8 Å². The molecule has 0 aliphatic rings. The smallest absolute Gasteiger partial charge is 0.0487 e. The van der Waals surface area contributed by atoms with Crippen molar-refractivity contribution in [2.75, 3.05) is 39.6 Å². The highest BCUT2D eigenvalue weighted by Crippen LogP contribution is 2.26. The summed E-state index contributed by atoms with van der Waals surface area (Å²) in [6.45, 7) is 12.4. The van der Waals surface area contributed by atoms with Crippen LogP contribution in [0.1, 0.15) is 72.6 Å². The molecule has 2 N–H and O–H groups in total. The van der Waals surface area contributed by atoms with Gasteiger partial charge in [-0.25, -0.2) is 0 Å². The second-order valence-corrected chi connectivity index (χ2v) is 8.06. The summed E-state index contributed by atoms with van der Waals surface area (Å²) in [7, 11) is 0. The fourth-order valence-electron chi connectivity index (χ4n) is 2.63. The van der Waals surface area contributed by atoms with Gasteiger partial charge in [0.25, 0.3) is 0 Å². The maximum atomic E-state index is 8.98. The van der Waals surface area contributed by atoms with Gasteiger partial charge in [-0.1, -0.05) is 27.7 Å². The van der Waals surface area contributed by atoms with Gasteiger partial charge in [-0.2, -0.15) is 0 Å². The first-order chi connectivity index (χ1) is 10.8. The summed E-state index contributed by atoms with van der Waals surface area (Å²) in [6.07, 6.45) is 6.94. The maximum Gasteiger partial charge on any atom is 0.0487 e. The highest BCUT2D eigenvalue weighted by molar-refractivity contribution is 4.68. The van der Waals surface area contributed by atoms with Crippen molar-refractivity contribution in [3.8, 4) is 0 Å². The van der Waals surface area contributed by atoms with E-state index in [0.717, 1.165) is 71.4 Å². The third-order valence-electron chi connectivity index (χ3n) is 4.44. The topological polar surface area (TPSA) is 58.9 Å². The monoisotopic (exact) mass is 332 g/mol. The molecule has 0 aromatic rings. The summed E-state index contributed by atoms with van der Waals surface area (Å²) in [6, 6.07) is 0. The molecule has 0 saturated carbocycles. The minimum absolute atomic E-state index is 0.213. The molecule has 0 heterocycles. The highest BCUT2D eigenvalue weighted by Gasteiger charge is 2.16. The number of ether oxygens (including phenoxy) is 2. The quantitative estimate of drug-likeness (QED) is 0.422. The zero-order chi connectivity index (χ0) is 17.6. The molecule has 0 aliphatic heterocycles. The van der Waals surface area contributed by atoms with Crippen molar-refractivity contribution in [1.82, 2.24) is 0 Å². The van der Waals surface area contributed by atoms with Crippen molar-refractivity contribution < 1.29 is 19.7 Å². The molecule has 0 saturated heterocycles. The molecule has 0 aromatic heterocycles. The van der Waals surface area contributed by atoms with Gasteiger partial charge >= 0.3 is 0 Å². The fourth-order valence-corrected chi connectivity index (χ4v) is 2.63. The molecule has 4 heteroatoms. The Balaban J connectivity index is 3.31.